The molecule has 9 heteroatoms. The third kappa shape index (κ3) is 9.77. The zero-order chi connectivity index (χ0) is 45.7. The van der Waals surface area contributed by atoms with Crippen LogP contribution in [0.3, 0.4) is 0 Å². The minimum atomic E-state index is -2.03. The molecule has 0 radical (unpaired) electrons. The lowest BCUT2D eigenvalue weighted by atomic mass is 9.77. The van der Waals surface area contributed by atoms with Crippen LogP contribution in [0.5, 0.6) is 0 Å². The second kappa shape index (κ2) is 19.9. The van der Waals surface area contributed by atoms with Crippen molar-refractivity contribution >= 4 is 58.0 Å². The van der Waals surface area contributed by atoms with E-state index in [0.717, 1.165) is 25.9 Å². The summed E-state index contributed by atoms with van der Waals surface area (Å²) in [5, 5.41) is 21.4. The molecule has 0 aromatic heterocycles. The van der Waals surface area contributed by atoms with Gasteiger partial charge in [0.2, 0.25) is 11.8 Å². The molecule has 1 aliphatic carbocycles. The predicted octanol–water partition coefficient (Wildman–Crippen LogP) is 8.50. The van der Waals surface area contributed by atoms with Gasteiger partial charge in [0.15, 0.2) is 5.71 Å². The molecule has 1 aliphatic heterocycles. The van der Waals surface area contributed by atoms with Crippen LogP contribution in [0, 0.1) is 5.92 Å². The van der Waals surface area contributed by atoms with E-state index in [4.69, 9.17) is 0 Å². The molecule has 2 atom stereocenters. The Kier molecular flexibility index (Phi) is 14.3. The van der Waals surface area contributed by atoms with Crippen LogP contribution in [0.25, 0.3) is 32.7 Å². The van der Waals surface area contributed by atoms with Gasteiger partial charge in [-0.15, -0.1) is 0 Å². The van der Waals surface area contributed by atoms with E-state index in [9.17, 15) is 9.59 Å². The first-order valence-electron chi connectivity index (χ1n) is 22.8. The molecule has 2 amide bonds. The maximum Gasteiger partial charge on any atom is 0.246 e. The van der Waals surface area contributed by atoms with E-state index < -0.39 is 8.07 Å². The Labute approximate surface area is 381 Å². The van der Waals surface area contributed by atoms with Crippen molar-refractivity contribution in [2.75, 3.05) is 59.3 Å². The maximum atomic E-state index is 12.1. The van der Waals surface area contributed by atoms with Gasteiger partial charge in [0.05, 0.1) is 0 Å². The van der Waals surface area contributed by atoms with Gasteiger partial charge in [-0.3, -0.25) is 9.59 Å². The first-order valence-corrected chi connectivity index (χ1v) is 25.8. The minimum absolute atomic E-state index is 0.100. The van der Waals surface area contributed by atoms with Crippen LogP contribution in [0.1, 0.15) is 54.9 Å². The Bertz CT molecular complexity index is 2720. The van der Waals surface area contributed by atoms with Crippen molar-refractivity contribution in [1.82, 2.24) is 21.3 Å². The van der Waals surface area contributed by atoms with E-state index >= 15 is 0 Å². The molecule has 0 saturated carbocycles. The van der Waals surface area contributed by atoms with Crippen molar-refractivity contribution in [2.24, 2.45) is 5.92 Å². The van der Waals surface area contributed by atoms with Crippen LogP contribution in [0.15, 0.2) is 133 Å². The lowest BCUT2D eigenvalue weighted by Crippen LogP contribution is -2.54. The average Bonchev–Trinajstić information content (AvgIpc) is 3.28. The van der Waals surface area contributed by atoms with Crippen LogP contribution in [0.2, 0.25) is 13.1 Å². The average molecular weight is 872 g/mol. The van der Waals surface area contributed by atoms with E-state index in [0.29, 0.717) is 37.3 Å². The lowest BCUT2D eigenvalue weighted by molar-refractivity contribution is -0.462. The monoisotopic (exact) mass is 872 g/mol. The Balaban J connectivity index is 1.28. The quantitative estimate of drug-likeness (QED) is 0.0248. The number of anilines is 1. The van der Waals surface area contributed by atoms with Crippen LogP contribution in [0.4, 0.5) is 5.69 Å². The highest BCUT2D eigenvalue weighted by atomic mass is 28.3. The highest BCUT2D eigenvalue weighted by molar-refractivity contribution is 6.96. The number of carbonyl (C=O) groups is 2. The molecule has 0 spiro atoms. The molecular weight excluding hydrogens is 805 g/mol. The second-order valence-electron chi connectivity index (χ2n) is 18.6. The molecule has 7 rings (SSSR count). The SMILES string of the molecule is C=C(C)C(=O)NCCCNCc1c2ccccc2c(CNCCCNC(=O)C(=C)C)c2cc(-c3cccc(C4c5ccc(N(C)C)cc5[Si](C)(C)C5=CC(=[N+](C)C)C=CC54)c3)ccc12. The molecule has 5 aromatic rings. The Morgan fingerprint density at radius 3 is 1.89 bits per heavy atom. The lowest BCUT2D eigenvalue weighted by Gasteiger charge is -2.44. The number of fused-ring (bicyclic) bond motifs is 4. The van der Waals surface area contributed by atoms with Crippen molar-refractivity contribution in [2.45, 2.75) is 58.8 Å². The van der Waals surface area contributed by atoms with Gasteiger partial charge in [-0.25, -0.2) is 4.58 Å². The molecule has 0 bridgehead atoms. The number of allylic oxidation sites excluding steroid dienone is 4. The molecule has 2 unspecified atom stereocenters. The highest BCUT2D eigenvalue weighted by Gasteiger charge is 2.46. The van der Waals surface area contributed by atoms with Crippen molar-refractivity contribution in [1.29, 1.82) is 0 Å². The maximum absolute atomic E-state index is 12.1. The molecule has 0 fully saturated rings. The summed E-state index contributed by atoms with van der Waals surface area (Å²) in [5.74, 6) is 0.270. The first kappa shape index (κ1) is 46.1. The third-order valence-corrected chi connectivity index (χ3v) is 16.8. The predicted molar refractivity (Wildman–Crippen MR) is 273 cm³/mol. The summed E-state index contributed by atoms with van der Waals surface area (Å²) in [4.78, 5) is 26.4. The summed E-state index contributed by atoms with van der Waals surface area (Å²) in [6, 6.07) is 32.2. The molecule has 4 N–H and O–H groups in total. The summed E-state index contributed by atoms with van der Waals surface area (Å²) in [6.07, 6.45) is 8.92. The second-order valence-corrected chi connectivity index (χ2v) is 23.0. The fourth-order valence-electron chi connectivity index (χ4n) is 9.53. The zero-order valence-electron chi connectivity index (χ0n) is 39.3. The van der Waals surface area contributed by atoms with Gasteiger partial charge in [-0.2, -0.15) is 0 Å². The van der Waals surface area contributed by atoms with Crippen LogP contribution >= 0.6 is 0 Å². The minimum Gasteiger partial charge on any atom is -0.378 e. The molecule has 8 nitrogen and oxygen atoms in total. The van der Waals surface area contributed by atoms with E-state index in [1.54, 1.807) is 19.0 Å². The molecule has 2 aliphatic rings. The third-order valence-electron chi connectivity index (χ3n) is 13.1. The summed E-state index contributed by atoms with van der Waals surface area (Å²) >= 11 is 0. The van der Waals surface area contributed by atoms with Gasteiger partial charge in [0.1, 0.15) is 22.2 Å². The number of hydrogen-bond acceptors (Lipinski definition) is 5. The van der Waals surface area contributed by atoms with Gasteiger partial charge < -0.3 is 26.2 Å². The zero-order valence-corrected chi connectivity index (χ0v) is 40.3. The van der Waals surface area contributed by atoms with Crippen molar-refractivity contribution in [3.63, 3.8) is 0 Å². The number of benzene rings is 5. The molecule has 0 saturated heterocycles. The smallest absolute Gasteiger partial charge is 0.246 e. The van der Waals surface area contributed by atoms with Gasteiger partial charge in [0.25, 0.3) is 0 Å². The summed E-state index contributed by atoms with van der Waals surface area (Å²) < 4.78 is 2.23. The summed E-state index contributed by atoms with van der Waals surface area (Å²) in [5.41, 5.74) is 11.3. The van der Waals surface area contributed by atoms with Crippen LogP contribution in [-0.4, -0.2) is 84.5 Å². The Hall–Kier alpha value is -5.87. The molecule has 1 heterocycles. The number of nitrogens with zero attached hydrogens (tertiary/aromatic N) is 2. The van der Waals surface area contributed by atoms with Crippen LogP contribution < -0.4 is 31.4 Å². The number of amides is 2. The van der Waals surface area contributed by atoms with Crippen molar-refractivity contribution in [3.05, 3.63) is 155 Å². The number of nitrogens with one attached hydrogen (secondary N) is 4. The number of hydrogen-bond donors (Lipinski definition) is 4. The van der Waals surface area contributed by atoms with Gasteiger partial charge >= 0.3 is 0 Å². The Morgan fingerprint density at radius 1 is 0.703 bits per heavy atom. The summed E-state index contributed by atoms with van der Waals surface area (Å²) in [6.45, 7) is 20.1. The van der Waals surface area contributed by atoms with Crippen molar-refractivity contribution in [3.8, 4) is 11.1 Å². The Morgan fingerprint density at radius 2 is 1.30 bits per heavy atom. The van der Waals surface area contributed by atoms with Gasteiger partial charge in [-0.1, -0.05) is 104 Å². The first-order chi connectivity index (χ1) is 30.7. The molecule has 5 aromatic carbocycles. The van der Waals surface area contributed by atoms with Gasteiger partial charge in [-0.05, 0) is 118 Å². The van der Waals surface area contributed by atoms with E-state index in [2.05, 4.69) is 188 Å². The molecular formula is C55H67N6O2Si+. The van der Waals surface area contributed by atoms with E-state index in [-0.39, 0.29) is 23.7 Å². The van der Waals surface area contributed by atoms with E-state index in [1.165, 1.54) is 71.5 Å². The fourth-order valence-corrected chi connectivity index (χ4v) is 12.9. The van der Waals surface area contributed by atoms with Crippen molar-refractivity contribution < 1.29 is 14.2 Å². The van der Waals surface area contributed by atoms with E-state index in [1.807, 2.05) is 0 Å². The largest absolute Gasteiger partial charge is 0.378 e. The summed E-state index contributed by atoms with van der Waals surface area (Å²) in [7, 11) is 6.53. The fraction of sp³-hybridized carbons (Fsp3) is 0.327. The van der Waals surface area contributed by atoms with Crippen LogP contribution in [-0.2, 0) is 22.7 Å². The molecule has 332 valence electrons. The topological polar surface area (TPSA) is 88.5 Å². The van der Waals surface area contributed by atoms with Gasteiger partial charge in [0, 0.05) is 81.1 Å². The standard InChI is InChI=1S/C55H66N6O2Si/c1-36(2)54(62)58-28-14-26-56-34-49-43-18-11-12-19-44(43)50(35-57-27-15-29-59-55(63)37(3)4)48-31-39(20-23-45(48)49)38-16-13-17-40(30-38)53-46-24-21-41(60(5)6)32-51(46)64(9,10)52-33-42(61(7)8)22-25-47(52)53/h11-13,16-25,30-33,46,53,56-57H,1,3,14-15,26-29,34-35H2,2,4-10H3,(H-,58,59,62,63)/p+1. The number of rotatable bonds is 17. The highest BCUT2D eigenvalue weighted by Crippen LogP contribution is 2.47. The normalized spacial score (nSPS) is 16.2. The molecule has 64 heavy (non-hydrogen) atoms. The number of carbonyl (C=O) groups excluding carboxylic acids is 2.